The maximum atomic E-state index is 11.2. The van der Waals surface area contributed by atoms with Crippen molar-refractivity contribution in [3.63, 3.8) is 0 Å². The first kappa shape index (κ1) is 15.0. The summed E-state index contributed by atoms with van der Waals surface area (Å²) in [7, 11) is 0. The van der Waals surface area contributed by atoms with Crippen molar-refractivity contribution in [1.29, 1.82) is 0 Å². The van der Waals surface area contributed by atoms with Crippen LogP contribution in [0.5, 0.6) is 0 Å². The second kappa shape index (κ2) is 7.29. The third-order valence-electron chi connectivity index (χ3n) is 1.63. The molecule has 0 aromatic rings. The van der Waals surface area contributed by atoms with E-state index in [0.29, 0.717) is 13.0 Å². The van der Waals surface area contributed by atoms with Crippen LogP contribution in [0.25, 0.3) is 0 Å². The summed E-state index contributed by atoms with van der Waals surface area (Å²) in [5.41, 5.74) is -0.481. The predicted molar refractivity (Wildman–Crippen MR) is 63.6 cm³/mol. The van der Waals surface area contributed by atoms with Gasteiger partial charge in [-0.2, -0.15) is 0 Å². The highest BCUT2D eigenvalue weighted by molar-refractivity contribution is 5.88. The fraction of sp³-hybridized carbons (Fsp3) is 0.692. The fourth-order valence-corrected chi connectivity index (χ4v) is 0.833. The normalized spacial score (nSPS) is 12.6. The average molecular weight is 225 g/mol. The molecule has 0 aliphatic heterocycles. The van der Waals surface area contributed by atoms with Gasteiger partial charge in [-0.3, -0.25) is 0 Å². The molecule has 0 saturated carbocycles. The van der Waals surface area contributed by atoms with Crippen LogP contribution >= 0.6 is 0 Å². The molecule has 0 aromatic carbocycles. The predicted octanol–water partition coefficient (Wildman–Crippen LogP) is 2.35. The first-order valence-corrected chi connectivity index (χ1v) is 5.48. The van der Waals surface area contributed by atoms with Crippen molar-refractivity contribution in [2.24, 2.45) is 0 Å². The van der Waals surface area contributed by atoms with E-state index in [2.05, 4.69) is 18.8 Å². The van der Waals surface area contributed by atoms with Crippen LogP contribution in [-0.2, 0) is 14.3 Å². The molecule has 0 aromatic heterocycles. The molecule has 0 aliphatic carbocycles. The molecular formula is C13H21O3. The molecule has 0 aliphatic rings. The molecule has 0 bridgehead atoms. The number of hydrogen-bond donors (Lipinski definition) is 0. The van der Waals surface area contributed by atoms with Crippen molar-refractivity contribution in [3.8, 4) is 11.8 Å². The van der Waals surface area contributed by atoms with Gasteiger partial charge in [-0.25, -0.2) is 4.79 Å². The summed E-state index contributed by atoms with van der Waals surface area (Å²) in [6.07, 6.45) is 1.41. The summed E-state index contributed by atoms with van der Waals surface area (Å²) in [6, 6.07) is 0. The lowest BCUT2D eigenvalue weighted by Crippen LogP contribution is -2.22. The third-order valence-corrected chi connectivity index (χ3v) is 1.63. The minimum atomic E-state index is -0.488. The van der Waals surface area contributed by atoms with Gasteiger partial charge >= 0.3 is 5.97 Å². The molecule has 1 unspecified atom stereocenters. The van der Waals surface area contributed by atoms with Crippen LogP contribution < -0.4 is 0 Å². The summed E-state index contributed by atoms with van der Waals surface area (Å²) in [5.74, 6) is 4.65. The van der Waals surface area contributed by atoms with Gasteiger partial charge in [-0.15, -0.1) is 0 Å². The van der Waals surface area contributed by atoms with Crippen LogP contribution in [0.2, 0.25) is 0 Å². The van der Waals surface area contributed by atoms with Gasteiger partial charge in [0.2, 0.25) is 0 Å². The van der Waals surface area contributed by atoms with Gasteiger partial charge in [0.15, 0.2) is 0 Å². The number of carbonyl (C=O) groups excluding carboxylic acids is 1. The van der Waals surface area contributed by atoms with Crippen LogP contribution in [-0.4, -0.2) is 24.3 Å². The van der Waals surface area contributed by atoms with Gasteiger partial charge in [0.25, 0.3) is 0 Å². The topological polar surface area (TPSA) is 35.5 Å². The highest BCUT2D eigenvalue weighted by Gasteiger charge is 2.13. The van der Waals surface area contributed by atoms with Crippen LogP contribution in [0.4, 0.5) is 0 Å². The van der Waals surface area contributed by atoms with E-state index in [0.717, 1.165) is 6.42 Å². The van der Waals surface area contributed by atoms with E-state index in [-0.39, 0.29) is 6.10 Å². The van der Waals surface area contributed by atoms with Crippen molar-refractivity contribution in [2.45, 2.75) is 52.2 Å². The van der Waals surface area contributed by atoms with Crippen molar-refractivity contribution in [3.05, 3.63) is 6.92 Å². The Morgan fingerprint density at radius 2 is 2.06 bits per heavy atom. The molecule has 0 fully saturated rings. The largest absolute Gasteiger partial charge is 0.450 e. The van der Waals surface area contributed by atoms with Crippen LogP contribution in [0, 0.1) is 18.8 Å². The van der Waals surface area contributed by atoms with Crippen molar-refractivity contribution < 1.29 is 14.3 Å². The van der Waals surface area contributed by atoms with E-state index < -0.39 is 11.6 Å². The van der Waals surface area contributed by atoms with Gasteiger partial charge in [0, 0.05) is 12.3 Å². The zero-order chi connectivity index (χ0) is 12.6. The first-order valence-electron chi connectivity index (χ1n) is 5.48. The number of esters is 1. The van der Waals surface area contributed by atoms with E-state index in [9.17, 15) is 4.79 Å². The van der Waals surface area contributed by atoms with Gasteiger partial charge in [-0.05, 0) is 34.1 Å². The Morgan fingerprint density at radius 3 is 2.56 bits per heavy atom. The summed E-state index contributed by atoms with van der Waals surface area (Å²) >= 11 is 0. The van der Waals surface area contributed by atoms with E-state index >= 15 is 0 Å². The molecule has 0 saturated heterocycles. The van der Waals surface area contributed by atoms with E-state index in [1.54, 1.807) is 0 Å². The Kier molecular flexibility index (Phi) is 6.83. The third kappa shape index (κ3) is 9.54. The summed E-state index contributed by atoms with van der Waals surface area (Å²) in [4.78, 5) is 11.2. The number of ether oxygens (including phenoxy) is 2. The minimum Gasteiger partial charge on any atom is -0.450 e. The van der Waals surface area contributed by atoms with Crippen LogP contribution in [0.1, 0.15) is 40.5 Å². The van der Waals surface area contributed by atoms with E-state index in [1.807, 2.05) is 27.7 Å². The molecule has 0 amide bonds. The molecule has 1 atom stereocenters. The number of hydrogen-bond acceptors (Lipinski definition) is 3. The van der Waals surface area contributed by atoms with Crippen molar-refractivity contribution >= 4 is 5.97 Å². The maximum Gasteiger partial charge on any atom is 0.384 e. The molecular weight excluding hydrogens is 204 g/mol. The van der Waals surface area contributed by atoms with Gasteiger partial charge in [-0.1, -0.05) is 12.8 Å². The molecule has 0 N–H and O–H groups in total. The minimum absolute atomic E-state index is 0.142. The highest BCUT2D eigenvalue weighted by Crippen LogP contribution is 2.06. The van der Waals surface area contributed by atoms with Crippen LogP contribution in [0.3, 0.4) is 0 Å². The molecule has 91 valence electrons. The molecule has 3 heteroatoms. The summed E-state index contributed by atoms with van der Waals surface area (Å²) in [6.45, 7) is 11.6. The van der Waals surface area contributed by atoms with Gasteiger partial charge in [0.05, 0.1) is 12.7 Å². The Labute approximate surface area is 98.5 Å². The molecule has 16 heavy (non-hydrogen) atoms. The van der Waals surface area contributed by atoms with Gasteiger partial charge in [0.1, 0.15) is 5.60 Å². The SMILES string of the molecule is [CH2]CC(C)OCCC#CC(=O)OC(C)(C)C. The van der Waals surface area contributed by atoms with Gasteiger partial charge < -0.3 is 9.47 Å². The Bertz CT molecular complexity index is 265. The molecule has 3 nitrogen and oxygen atoms in total. The van der Waals surface area contributed by atoms with E-state index in [1.165, 1.54) is 0 Å². The van der Waals surface area contributed by atoms with Crippen molar-refractivity contribution in [1.82, 2.24) is 0 Å². The standard InChI is InChI=1S/C13H21O3/c1-6-11(2)15-10-8-7-9-12(14)16-13(3,4)5/h11H,1,6,8,10H2,2-5H3. The molecule has 0 rings (SSSR count). The van der Waals surface area contributed by atoms with Crippen LogP contribution in [0.15, 0.2) is 0 Å². The quantitative estimate of drug-likeness (QED) is 0.319. The second-order valence-electron chi connectivity index (χ2n) is 4.52. The molecule has 0 heterocycles. The maximum absolute atomic E-state index is 11.2. The monoisotopic (exact) mass is 225 g/mol. The Morgan fingerprint density at radius 1 is 1.44 bits per heavy atom. The summed E-state index contributed by atoms with van der Waals surface area (Å²) in [5, 5.41) is 0. The molecule has 0 spiro atoms. The lowest BCUT2D eigenvalue weighted by Gasteiger charge is -2.16. The second-order valence-corrected chi connectivity index (χ2v) is 4.52. The smallest absolute Gasteiger partial charge is 0.384 e. The lowest BCUT2D eigenvalue weighted by atomic mass is 10.2. The Balaban J connectivity index is 3.73. The lowest BCUT2D eigenvalue weighted by molar-refractivity contribution is -0.147. The highest BCUT2D eigenvalue weighted by atomic mass is 16.6. The number of rotatable bonds is 4. The average Bonchev–Trinajstić information content (AvgIpc) is 2.14. The Hall–Kier alpha value is -1.01. The fourth-order valence-electron chi connectivity index (χ4n) is 0.833. The zero-order valence-corrected chi connectivity index (χ0v) is 10.6. The van der Waals surface area contributed by atoms with Crippen molar-refractivity contribution in [2.75, 3.05) is 6.61 Å². The number of carbonyl (C=O) groups is 1. The first-order chi connectivity index (χ1) is 7.35. The molecule has 1 radical (unpaired) electrons. The zero-order valence-electron chi connectivity index (χ0n) is 10.6. The summed E-state index contributed by atoms with van der Waals surface area (Å²) < 4.78 is 10.4. The van der Waals surface area contributed by atoms with E-state index in [4.69, 9.17) is 9.47 Å².